The Morgan fingerprint density at radius 2 is 1.57 bits per heavy atom. The Morgan fingerprint density at radius 1 is 0.867 bits per heavy atom. The second-order valence-corrected chi connectivity index (χ2v) is 8.20. The topological polar surface area (TPSA) is 43.9 Å². The number of hydrogen-bond acceptors (Lipinski definition) is 3. The number of benzene rings is 2. The van der Waals surface area contributed by atoms with Crippen molar-refractivity contribution in [2.75, 3.05) is 44.2 Å². The first-order valence-electron chi connectivity index (χ1n) is 11.2. The lowest BCUT2D eigenvalue weighted by Crippen LogP contribution is -2.48. The van der Waals surface area contributed by atoms with Crippen molar-refractivity contribution in [3.8, 4) is 11.1 Å². The number of amides is 2. The van der Waals surface area contributed by atoms with E-state index in [2.05, 4.69) is 30.0 Å². The maximum Gasteiger partial charge on any atom is 0.253 e. The third kappa shape index (κ3) is 4.12. The van der Waals surface area contributed by atoms with E-state index in [0.29, 0.717) is 6.42 Å². The zero-order valence-corrected chi connectivity index (χ0v) is 18.1. The monoisotopic (exact) mass is 405 g/mol. The van der Waals surface area contributed by atoms with Crippen LogP contribution < -0.4 is 4.90 Å². The average Bonchev–Trinajstić information content (AvgIpc) is 3.22. The first kappa shape index (κ1) is 20.6. The lowest BCUT2D eigenvalue weighted by Gasteiger charge is -2.34. The molecule has 4 rings (SSSR count). The molecule has 2 aromatic carbocycles. The molecule has 5 heteroatoms. The Bertz CT molecular complexity index is 914. The summed E-state index contributed by atoms with van der Waals surface area (Å²) in [6.45, 7) is 9.52. The van der Waals surface area contributed by atoms with E-state index in [1.165, 1.54) is 5.56 Å². The van der Waals surface area contributed by atoms with Crippen molar-refractivity contribution in [1.29, 1.82) is 0 Å². The molecule has 30 heavy (non-hydrogen) atoms. The van der Waals surface area contributed by atoms with Crippen LogP contribution in [0.1, 0.15) is 42.6 Å². The van der Waals surface area contributed by atoms with Crippen molar-refractivity contribution in [2.24, 2.45) is 0 Å². The molecule has 1 fully saturated rings. The van der Waals surface area contributed by atoms with Gasteiger partial charge in [-0.2, -0.15) is 0 Å². The zero-order chi connectivity index (χ0) is 21.1. The summed E-state index contributed by atoms with van der Waals surface area (Å²) in [5.41, 5.74) is 5.25. The maximum absolute atomic E-state index is 12.9. The third-order valence-corrected chi connectivity index (χ3v) is 6.24. The predicted molar refractivity (Wildman–Crippen MR) is 121 cm³/mol. The highest BCUT2D eigenvalue weighted by Crippen LogP contribution is 2.33. The van der Waals surface area contributed by atoms with Gasteiger partial charge in [0.15, 0.2) is 0 Å². The first-order valence-corrected chi connectivity index (χ1v) is 11.2. The van der Waals surface area contributed by atoms with Gasteiger partial charge in [0.25, 0.3) is 5.91 Å². The SMILES string of the molecule is CCCN1CCN(C(=O)c2ccc(-c3ccc4c(c3)CCN4C(=O)CC)cc2)CC1. The first-order chi connectivity index (χ1) is 14.6. The molecule has 2 amide bonds. The summed E-state index contributed by atoms with van der Waals surface area (Å²) >= 11 is 0. The standard InChI is InChI=1S/C25H31N3O2/c1-3-12-26-14-16-27(17-15-26)25(30)20-7-5-19(6-8-20)21-9-10-23-22(18-21)11-13-28(23)24(29)4-2/h5-10,18H,3-4,11-17H2,1-2H3. The molecule has 0 saturated carbocycles. The van der Waals surface area contributed by atoms with E-state index in [1.54, 1.807) is 0 Å². The Morgan fingerprint density at radius 3 is 2.23 bits per heavy atom. The summed E-state index contributed by atoms with van der Waals surface area (Å²) in [5, 5.41) is 0. The molecule has 0 radical (unpaired) electrons. The van der Waals surface area contributed by atoms with Gasteiger partial charge in [-0.25, -0.2) is 0 Å². The number of carbonyl (C=O) groups excluding carboxylic acids is 2. The van der Waals surface area contributed by atoms with Gasteiger partial charge in [0.05, 0.1) is 0 Å². The molecule has 1 saturated heterocycles. The summed E-state index contributed by atoms with van der Waals surface area (Å²) < 4.78 is 0. The van der Waals surface area contributed by atoms with Crippen LogP contribution in [0.4, 0.5) is 5.69 Å². The van der Waals surface area contributed by atoms with Crippen LogP contribution >= 0.6 is 0 Å². The van der Waals surface area contributed by atoms with Gasteiger partial charge in [0.1, 0.15) is 0 Å². The normalized spacial score (nSPS) is 16.6. The molecule has 0 aliphatic carbocycles. The molecule has 0 bridgehead atoms. The van der Waals surface area contributed by atoms with Gasteiger partial charge in [0, 0.05) is 50.4 Å². The number of carbonyl (C=O) groups is 2. The molecular formula is C25H31N3O2. The van der Waals surface area contributed by atoms with Gasteiger partial charge in [-0.15, -0.1) is 0 Å². The molecular weight excluding hydrogens is 374 g/mol. The molecule has 0 atom stereocenters. The van der Waals surface area contributed by atoms with Gasteiger partial charge in [-0.1, -0.05) is 32.0 Å². The van der Waals surface area contributed by atoms with Crippen LogP contribution in [0.5, 0.6) is 0 Å². The lowest BCUT2D eigenvalue weighted by molar-refractivity contribution is -0.118. The second kappa shape index (κ2) is 9.00. The number of hydrogen-bond donors (Lipinski definition) is 0. The summed E-state index contributed by atoms with van der Waals surface area (Å²) in [6.07, 6.45) is 2.59. The fourth-order valence-electron chi connectivity index (χ4n) is 4.51. The second-order valence-electron chi connectivity index (χ2n) is 8.20. The summed E-state index contributed by atoms with van der Waals surface area (Å²) in [7, 11) is 0. The van der Waals surface area contributed by atoms with Crippen LogP contribution in [-0.4, -0.2) is 60.9 Å². The summed E-state index contributed by atoms with van der Waals surface area (Å²) in [5.74, 6) is 0.306. The highest BCUT2D eigenvalue weighted by molar-refractivity contribution is 5.96. The van der Waals surface area contributed by atoms with Crippen LogP contribution in [0.15, 0.2) is 42.5 Å². The minimum Gasteiger partial charge on any atom is -0.336 e. The van der Waals surface area contributed by atoms with Crippen LogP contribution in [0.25, 0.3) is 11.1 Å². The van der Waals surface area contributed by atoms with Crippen LogP contribution in [0, 0.1) is 0 Å². The van der Waals surface area contributed by atoms with E-state index in [4.69, 9.17) is 0 Å². The largest absolute Gasteiger partial charge is 0.336 e. The van der Waals surface area contributed by atoms with E-state index in [-0.39, 0.29) is 11.8 Å². The van der Waals surface area contributed by atoms with Crippen molar-refractivity contribution in [3.63, 3.8) is 0 Å². The fourth-order valence-corrected chi connectivity index (χ4v) is 4.51. The quantitative estimate of drug-likeness (QED) is 0.760. The summed E-state index contributed by atoms with van der Waals surface area (Å²) in [4.78, 5) is 31.2. The van der Waals surface area contributed by atoms with E-state index >= 15 is 0 Å². The highest BCUT2D eigenvalue weighted by atomic mass is 16.2. The number of nitrogens with zero attached hydrogens (tertiary/aromatic N) is 3. The number of anilines is 1. The molecule has 0 unspecified atom stereocenters. The van der Waals surface area contributed by atoms with E-state index in [0.717, 1.165) is 74.5 Å². The molecule has 158 valence electrons. The van der Waals surface area contributed by atoms with Crippen LogP contribution in [-0.2, 0) is 11.2 Å². The highest BCUT2D eigenvalue weighted by Gasteiger charge is 2.24. The summed E-state index contributed by atoms with van der Waals surface area (Å²) in [6, 6.07) is 14.3. The average molecular weight is 406 g/mol. The number of fused-ring (bicyclic) bond motifs is 1. The number of piperazine rings is 1. The van der Waals surface area contributed by atoms with Crippen LogP contribution in [0.2, 0.25) is 0 Å². The van der Waals surface area contributed by atoms with Crippen molar-refractivity contribution in [2.45, 2.75) is 33.1 Å². The molecule has 0 spiro atoms. The zero-order valence-electron chi connectivity index (χ0n) is 18.1. The van der Waals surface area contributed by atoms with Crippen molar-refractivity contribution in [3.05, 3.63) is 53.6 Å². The van der Waals surface area contributed by atoms with E-state index in [9.17, 15) is 9.59 Å². The minimum absolute atomic E-state index is 0.125. The van der Waals surface area contributed by atoms with Crippen molar-refractivity contribution in [1.82, 2.24) is 9.80 Å². The van der Waals surface area contributed by atoms with E-state index in [1.807, 2.05) is 41.0 Å². The fraction of sp³-hybridized carbons (Fsp3) is 0.440. The number of rotatable bonds is 5. The molecule has 2 aliphatic heterocycles. The minimum atomic E-state index is 0.125. The smallest absolute Gasteiger partial charge is 0.253 e. The van der Waals surface area contributed by atoms with Gasteiger partial charge in [0.2, 0.25) is 5.91 Å². The molecule has 2 heterocycles. The van der Waals surface area contributed by atoms with Gasteiger partial charge in [-0.05, 0) is 60.3 Å². The Balaban J connectivity index is 1.44. The predicted octanol–water partition coefficient (Wildman–Crippen LogP) is 3.82. The van der Waals surface area contributed by atoms with Gasteiger partial charge < -0.3 is 9.80 Å². The molecule has 2 aromatic rings. The molecule has 2 aliphatic rings. The maximum atomic E-state index is 12.9. The van der Waals surface area contributed by atoms with Gasteiger partial charge in [-0.3, -0.25) is 14.5 Å². The Labute approximate surface area is 179 Å². The molecule has 5 nitrogen and oxygen atoms in total. The van der Waals surface area contributed by atoms with Crippen molar-refractivity contribution < 1.29 is 9.59 Å². The molecule has 0 N–H and O–H groups in total. The van der Waals surface area contributed by atoms with Crippen LogP contribution in [0.3, 0.4) is 0 Å². The third-order valence-electron chi connectivity index (χ3n) is 6.24. The molecule has 0 aromatic heterocycles. The Hall–Kier alpha value is -2.66. The lowest BCUT2D eigenvalue weighted by atomic mass is 10.00. The van der Waals surface area contributed by atoms with E-state index < -0.39 is 0 Å². The Kier molecular flexibility index (Phi) is 6.18. The van der Waals surface area contributed by atoms with Gasteiger partial charge >= 0.3 is 0 Å². The van der Waals surface area contributed by atoms with Crippen molar-refractivity contribution >= 4 is 17.5 Å².